The van der Waals surface area contributed by atoms with Gasteiger partial charge in [-0.3, -0.25) is 0 Å². The molecule has 62 valence electrons. The van der Waals surface area contributed by atoms with Gasteiger partial charge in [0.2, 0.25) is 0 Å². The summed E-state index contributed by atoms with van der Waals surface area (Å²) in [7, 11) is 0. The summed E-state index contributed by atoms with van der Waals surface area (Å²) in [5.74, 6) is 2.73. The number of rotatable bonds is 0. The second-order valence-corrected chi connectivity index (χ2v) is 4.72. The van der Waals surface area contributed by atoms with E-state index in [0.29, 0.717) is 5.41 Å². The molecule has 0 spiro atoms. The van der Waals surface area contributed by atoms with Crippen LogP contribution >= 0.6 is 0 Å². The molecule has 0 heterocycles. The summed E-state index contributed by atoms with van der Waals surface area (Å²) in [5.41, 5.74) is 0.553. The first kappa shape index (κ1) is 7.39. The van der Waals surface area contributed by atoms with E-state index in [2.05, 4.69) is 32.9 Å². The molecule has 0 aromatic rings. The Balaban J connectivity index is 2.34. The Morgan fingerprint density at radius 2 is 2.09 bits per heavy atom. The van der Waals surface area contributed by atoms with Gasteiger partial charge in [-0.25, -0.2) is 0 Å². The van der Waals surface area contributed by atoms with E-state index >= 15 is 0 Å². The van der Waals surface area contributed by atoms with Crippen LogP contribution in [0.1, 0.15) is 33.6 Å². The molecule has 2 rings (SSSR count). The normalized spacial score (nSPS) is 55.0. The summed E-state index contributed by atoms with van der Waals surface area (Å²) in [5, 5.41) is 0. The van der Waals surface area contributed by atoms with E-state index in [9.17, 15) is 0 Å². The van der Waals surface area contributed by atoms with E-state index in [4.69, 9.17) is 0 Å². The van der Waals surface area contributed by atoms with Crippen LogP contribution in [-0.2, 0) is 0 Å². The van der Waals surface area contributed by atoms with Crippen molar-refractivity contribution < 1.29 is 0 Å². The molecule has 1 saturated carbocycles. The lowest BCUT2D eigenvalue weighted by Crippen LogP contribution is -2.27. The summed E-state index contributed by atoms with van der Waals surface area (Å²) in [6.07, 6.45) is 7.76. The van der Waals surface area contributed by atoms with Gasteiger partial charge in [0, 0.05) is 0 Å². The van der Waals surface area contributed by atoms with Crippen LogP contribution in [0.25, 0.3) is 0 Å². The number of hydrogen-bond acceptors (Lipinski definition) is 0. The maximum Gasteiger partial charge on any atom is -0.0118 e. The summed E-state index contributed by atoms with van der Waals surface area (Å²) >= 11 is 0. The molecular weight excluding hydrogens is 132 g/mol. The lowest BCUT2D eigenvalue weighted by Gasteiger charge is -2.34. The second kappa shape index (κ2) is 2.12. The standard InChI is InChI=1S/C11H18/c1-8-4-6-11(3)7-5-10(8)9(11)2/h4,6,8-10H,5,7H2,1-3H3. The highest BCUT2D eigenvalue weighted by Gasteiger charge is 2.44. The van der Waals surface area contributed by atoms with Crippen molar-refractivity contribution >= 4 is 0 Å². The Bertz CT molecular complexity index is 192. The Morgan fingerprint density at radius 3 is 2.73 bits per heavy atom. The molecule has 0 N–H and O–H groups in total. The minimum absolute atomic E-state index is 0.553. The second-order valence-electron chi connectivity index (χ2n) is 4.72. The first-order chi connectivity index (χ1) is 5.13. The molecule has 0 aromatic carbocycles. The van der Waals surface area contributed by atoms with Gasteiger partial charge in [0.15, 0.2) is 0 Å². The fourth-order valence-corrected chi connectivity index (χ4v) is 2.91. The average Bonchev–Trinajstić information content (AvgIpc) is 2.14. The van der Waals surface area contributed by atoms with Crippen LogP contribution in [0, 0.1) is 23.2 Å². The van der Waals surface area contributed by atoms with Gasteiger partial charge in [-0.2, -0.15) is 0 Å². The minimum Gasteiger partial charge on any atom is -0.0848 e. The fraction of sp³-hybridized carbons (Fsp3) is 0.818. The number of allylic oxidation sites excluding steroid dienone is 2. The third kappa shape index (κ3) is 0.881. The van der Waals surface area contributed by atoms with Crippen molar-refractivity contribution in [2.45, 2.75) is 33.6 Å². The molecule has 0 radical (unpaired) electrons. The van der Waals surface area contributed by atoms with Crippen molar-refractivity contribution in [2.75, 3.05) is 0 Å². The van der Waals surface area contributed by atoms with E-state index in [-0.39, 0.29) is 0 Å². The van der Waals surface area contributed by atoms with E-state index in [1.807, 2.05) is 0 Å². The molecule has 2 aliphatic carbocycles. The summed E-state index contributed by atoms with van der Waals surface area (Å²) in [4.78, 5) is 0. The van der Waals surface area contributed by atoms with Gasteiger partial charge in [0.05, 0.1) is 0 Å². The molecule has 2 aliphatic rings. The quantitative estimate of drug-likeness (QED) is 0.465. The van der Waals surface area contributed by atoms with Crippen LogP contribution in [0.3, 0.4) is 0 Å². The van der Waals surface area contributed by atoms with Crippen molar-refractivity contribution in [3.63, 3.8) is 0 Å². The molecule has 1 fully saturated rings. The van der Waals surface area contributed by atoms with E-state index in [1.54, 1.807) is 0 Å². The molecule has 2 bridgehead atoms. The maximum atomic E-state index is 2.46. The van der Waals surface area contributed by atoms with E-state index < -0.39 is 0 Å². The van der Waals surface area contributed by atoms with E-state index in [1.165, 1.54) is 12.8 Å². The average molecular weight is 150 g/mol. The van der Waals surface area contributed by atoms with Crippen molar-refractivity contribution in [2.24, 2.45) is 23.2 Å². The largest absolute Gasteiger partial charge is 0.0848 e. The molecule has 4 atom stereocenters. The van der Waals surface area contributed by atoms with Gasteiger partial charge in [0.1, 0.15) is 0 Å². The monoisotopic (exact) mass is 150 g/mol. The predicted molar refractivity (Wildman–Crippen MR) is 48.3 cm³/mol. The highest BCUT2D eigenvalue weighted by atomic mass is 14.5. The topological polar surface area (TPSA) is 0 Å². The molecule has 11 heavy (non-hydrogen) atoms. The van der Waals surface area contributed by atoms with Crippen LogP contribution in [0.15, 0.2) is 12.2 Å². The maximum absolute atomic E-state index is 2.46. The zero-order valence-electron chi connectivity index (χ0n) is 7.80. The molecule has 0 saturated heterocycles. The summed E-state index contributed by atoms with van der Waals surface area (Å²) in [6, 6.07) is 0. The van der Waals surface area contributed by atoms with Crippen LogP contribution in [0.2, 0.25) is 0 Å². The SMILES string of the molecule is CC1C=CC2(C)CCC1C2C. The molecule has 0 amide bonds. The van der Waals surface area contributed by atoms with E-state index in [0.717, 1.165) is 17.8 Å². The third-order valence-corrected chi connectivity index (χ3v) is 4.15. The molecule has 4 unspecified atom stereocenters. The van der Waals surface area contributed by atoms with Crippen LogP contribution in [0.4, 0.5) is 0 Å². The van der Waals surface area contributed by atoms with Crippen LogP contribution < -0.4 is 0 Å². The highest BCUT2D eigenvalue weighted by molar-refractivity contribution is 5.13. The molecule has 0 nitrogen and oxygen atoms in total. The number of fused-ring (bicyclic) bond motifs is 2. The first-order valence-corrected chi connectivity index (χ1v) is 4.83. The Labute approximate surface area is 69.7 Å². The Hall–Kier alpha value is -0.260. The summed E-state index contributed by atoms with van der Waals surface area (Å²) in [6.45, 7) is 7.21. The zero-order chi connectivity index (χ0) is 8.06. The lowest BCUT2D eigenvalue weighted by molar-refractivity contribution is 0.225. The lowest BCUT2D eigenvalue weighted by atomic mass is 9.70. The van der Waals surface area contributed by atoms with Crippen molar-refractivity contribution in [1.82, 2.24) is 0 Å². The van der Waals surface area contributed by atoms with Gasteiger partial charge in [-0.05, 0) is 36.0 Å². The molecule has 0 heteroatoms. The van der Waals surface area contributed by atoms with Crippen molar-refractivity contribution in [3.8, 4) is 0 Å². The fourth-order valence-electron chi connectivity index (χ4n) is 2.91. The van der Waals surface area contributed by atoms with Crippen molar-refractivity contribution in [1.29, 1.82) is 0 Å². The molecular formula is C11H18. The Morgan fingerprint density at radius 1 is 1.36 bits per heavy atom. The van der Waals surface area contributed by atoms with Crippen LogP contribution in [-0.4, -0.2) is 0 Å². The number of hydrogen-bond donors (Lipinski definition) is 0. The van der Waals surface area contributed by atoms with Crippen LogP contribution in [0.5, 0.6) is 0 Å². The Kier molecular flexibility index (Phi) is 1.42. The van der Waals surface area contributed by atoms with Gasteiger partial charge in [-0.15, -0.1) is 0 Å². The third-order valence-electron chi connectivity index (χ3n) is 4.15. The van der Waals surface area contributed by atoms with Gasteiger partial charge >= 0.3 is 0 Å². The zero-order valence-corrected chi connectivity index (χ0v) is 7.80. The minimum atomic E-state index is 0.553. The highest BCUT2D eigenvalue weighted by Crippen LogP contribution is 2.53. The van der Waals surface area contributed by atoms with Gasteiger partial charge in [0.25, 0.3) is 0 Å². The first-order valence-electron chi connectivity index (χ1n) is 4.83. The molecule has 0 aliphatic heterocycles. The smallest absolute Gasteiger partial charge is 0.0118 e. The van der Waals surface area contributed by atoms with Gasteiger partial charge in [-0.1, -0.05) is 32.9 Å². The summed E-state index contributed by atoms with van der Waals surface area (Å²) < 4.78 is 0. The molecule has 0 aromatic heterocycles. The predicted octanol–water partition coefficient (Wildman–Crippen LogP) is 3.24. The van der Waals surface area contributed by atoms with Crippen molar-refractivity contribution in [3.05, 3.63) is 12.2 Å². The van der Waals surface area contributed by atoms with Gasteiger partial charge < -0.3 is 0 Å².